The maximum atomic E-state index is 14.8. The molecule has 0 unspecified atom stereocenters. The Labute approximate surface area is 456 Å². The van der Waals surface area contributed by atoms with Gasteiger partial charge in [-0.05, 0) is 105 Å². The molecule has 448 valence electrons. The average Bonchev–Trinajstić information content (AvgIpc) is 3.83. The number of aliphatic hydroxyl groups is 5. The highest BCUT2D eigenvalue weighted by Crippen LogP contribution is 2.41. The first kappa shape index (κ1) is 65.8. The highest BCUT2D eigenvalue weighted by atomic mass is 32.2. The topological polar surface area (TPSA) is 254 Å². The van der Waals surface area contributed by atoms with Crippen molar-refractivity contribution in [1.82, 2.24) is 24.8 Å². The minimum atomic E-state index is -4.94. The Morgan fingerprint density at radius 3 is 2.18 bits per heavy atom. The average molecular weight is 1140 g/mol. The Morgan fingerprint density at radius 2 is 1.60 bits per heavy atom. The number of aromatic nitrogens is 3. The number of methoxy groups -OCH3 is 2. The predicted octanol–water partition coefficient (Wildman–Crippen LogP) is 4.34. The molecule has 20 nitrogen and oxygen atoms in total. The molecule has 0 aliphatic carbocycles. The zero-order valence-corrected chi connectivity index (χ0v) is 48.4. The standard InChI is InChI=1S/C53H87F4N5O15S/c1-15-40-52(10,68)45(64)33(6)61(12)26-29(2)23-50(8,67)47(31(4)43(32(5)48(66)75-40)76-41-24-51(9,72-14)46(65)34(7)74-41)77-49-42(63)38(22-30(3)73-49)60(11)21-20-36-27-62(59-58-36)39(25-54)44(71-13)35-16-18-37(19-17-35)78(69,70)28-53(55,56)57/h16-19,27,29-34,38-47,49,63-65,67-68H,15,20-26,28H2,1-14H3/t29-,30-,31+,32-,33-,34+,38+,39-,40-,41+,42-,43+,44-,45-,46+,47-,49+,50-,51-,52-/m1/s1. The normalized spacial score (nSPS) is 38.3. The van der Waals surface area contributed by atoms with E-state index in [9.17, 15) is 56.3 Å². The van der Waals surface area contributed by atoms with Gasteiger partial charge >= 0.3 is 12.1 Å². The van der Waals surface area contributed by atoms with Gasteiger partial charge in [-0.15, -0.1) is 5.10 Å². The van der Waals surface area contributed by atoms with Crippen LogP contribution in [0, 0.1) is 17.8 Å². The molecule has 1 aromatic carbocycles. The van der Waals surface area contributed by atoms with Gasteiger partial charge in [-0.2, -0.15) is 13.2 Å². The Bertz CT molecular complexity index is 2340. The van der Waals surface area contributed by atoms with Gasteiger partial charge in [0.1, 0.15) is 48.8 Å². The van der Waals surface area contributed by atoms with Crippen molar-refractivity contribution in [3.63, 3.8) is 0 Å². The molecule has 5 rings (SSSR count). The number of sulfone groups is 1. The number of hydrogen-bond donors (Lipinski definition) is 5. The second-order valence-electron chi connectivity index (χ2n) is 22.9. The number of halogens is 4. The lowest BCUT2D eigenvalue weighted by Gasteiger charge is -2.49. The van der Waals surface area contributed by atoms with Gasteiger partial charge in [0.05, 0.1) is 52.1 Å². The van der Waals surface area contributed by atoms with E-state index in [0.717, 1.165) is 12.1 Å². The monoisotopic (exact) mass is 1140 g/mol. The van der Waals surface area contributed by atoms with Gasteiger partial charge in [0, 0.05) is 64.3 Å². The largest absolute Gasteiger partial charge is 0.459 e. The van der Waals surface area contributed by atoms with Gasteiger partial charge in [0.15, 0.2) is 28.2 Å². The number of benzene rings is 1. The third kappa shape index (κ3) is 15.5. The van der Waals surface area contributed by atoms with Crippen LogP contribution in [-0.2, 0) is 54.2 Å². The number of nitrogens with zero attached hydrogens (tertiary/aromatic N) is 5. The minimum Gasteiger partial charge on any atom is -0.459 e. The number of rotatable bonds is 17. The van der Waals surface area contributed by atoms with Gasteiger partial charge in [-0.25, -0.2) is 17.5 Å². The lowest BCUT2D eigenvalue weighted by Crippen LogP contribution is -2.61. The molecule has 78 heavy (non-hydrogen) atoms. The third-order valence-corrected chi connectivity index (χ3v) is 18.1. The number of cyclic esters (lactones) is 1. The van der Waals surface area contributed by atoms with Crippen LogP contribution in [0.2, 0.25) is 0 Å². The zero-order valence-electron chi connectivity index (χ0n) is 47.5. The molecule has 20 atom stereocenters. The number of esters is 1. The fraction of sp³-hybridized carbons (Fsp3) is 0.830. The smallest absolute Gasteiger partial charge is 0.403 e. The van der Waals surface area contributed by atoms with Crippen molar-refractivity contribution < 1.29 is 89.5 Å². The summed E-state index contributed by atoms with van der Waals surface area (Å²) in [5.74, 6) is -5.11. The summed E-state index contributed by atoms with van der Waals surface area (Å²) in [4.78, 5) is 17.7. The molecule has 0 bridgehead atoms. The molecule has 0 spiro atoms. The molecule has 3 saturated heterocycles. The summed E-state index contributed by atoms with van der Waals surface area (Å²) >= 11 is 0. The van der Waals surface area contributed by atoms with Crippen LogP contribution in [-0.4, -0.2) is 215 Å². The van der Waals surface area contributed by atoms with E-state index < -0.39 is 154 Å². The van der Waals surface area contributed by atoms with Crippen LogP contribution in [0.5, 0.6) is 0 Å². The number of aliphatic hydroxyl groups excluding tert-OH is 3. The van der Waals surface area contributed by atoms with Crippen LogP contribution < -0.4 is 0 Å². The number of alkyl halides is 4. The summed E-state index contributed by atoms with van der Waals surface area (Å²) in [5.41, 5.74) is -4.00. The second kappa shape index (κ2) is 26.5. The van der Waals surface area contributed by atoms with E-state index in [1.165, 1.54) is 44.2 Å². The molecule has 5 N–H and O–H groups in total. The SMILES string of the molecule is CC[C@H]1OC(=O)[C@H](C)[C@@H](O[C@H]2C[C@@](C)(OC)[C@@H](O)[C@H](C)O2)[C@H](C)[C@@H](O[C@@H]2O[C@H](C)C[C@H](N(C)CCc3cn([C@H](CF)[C@H](OC)c4ccc(S(=O)(=O)CC(F)(F)F)cc4)nn3)[C@H]2O)[C@](C)(O)C[C@@H](C)CN(C)[C@H](C)[C@@H](O)[C@]1(C)O. The molecule has 2 aromatic rings. The van der Waals surface area contributed by atoms with Crippen LogP contribution in [0.3, 0.4) is 0 Å². The molecule has 3 aliphatic rings. The number of ether oxygens (including phenoxy) is 7. The Hall–Kier alpha value is -3.02. The predicted molar refractivity (Wildman–Crippen MR) is 276 cm³/mol. The number of likely N-dealkylation sites (N-methyl/N-ethyl adjacent to an activating group) is 2. The molecule has 0 amide bonds. The summed E-state index contributed by atoms with van der Waals surface area (Å²) in [6, 6.07) is 2.23. The molecule has 25 heteroatoms. The first-order valence-electron chi connectivity index (χ1n) is 26.8. The van der Waals surface area contributed by atoms with E-state index in [1.54, 1.807) is 62.6 Å². The van der Waals surface area contributed by atoms with Crippen LogP contribution >= 0.6 is 0 Å². The van der Waals surface area contributed by atoms with E-state index in [1.807, 2.05) is 23.6 Å². The summed E-state index contributed by atoms with van der Waals surface area (Å²) in [6.07, 6.45) is -14.4. The third-order valence-electron chi connectivity index (χ3n) is 16.4. The molecule has 0 saturated carbocycles. The first-order chi connectivity index (χ1) is 36.1. The Kier molecular flexibility index (Phi) is 22.3. The van der Waals surface area contributed by atoms with Gasteiger partial charge in [-0.1, -0.05) is 38.1 Å². The molecular formula is C53H87F4N5O15S. The van der Waals surface area contributed by atoms with E-state index in [4.69, 9.17) is 33.2 Å². The molecule has 3 aliphatic heterocycles. The number of carbonyl (C=O) groups excluding carboxylic acids is 1. The summed E-state index contributed by atoms with van der Waals surface area (Å²) in [7, 11) is 1.68. The molecule has 4 heterocycles. The lowest BCUT2D eigenvalue weighted by molar-refractivity contribution is -0.318. The van der Waals surface area contributed by atoms with E-state index in [2.05, 4.69) is 10.3 Å². The molecule has 1 aromatic heterocycles. The van der Waals surface area contributed by atoms with Crippen LogP contribution in [0.15, 0.2) is 35.4 Å². The van der Waals surface area contributed by atoms with Crippen molar-refractivity contribution >= 4 is 15.8 Å². The van der Waals surface area contributed by atoms with E-state index in [0.29, 0.717) is 25.2 Å². The lowest BCUT2D eigenvalue weighted by atomic mass is 9.77. The molecular weight excluding hydrogens is 1050 g/mol. The summed E-state index contributed by atoms with van der Waals surface area (Å²) < 4.78 is 123. The summed E-state index contributed by atoms with van der Waals surface area (Å²) in [6.45, 7) is 16.7. The van der Waals surface area contributed by atoms with Crippen molar-refractivity contribution in [3.8, 4) is 0 Å². The van der Waals surface area contributed by atoms with Gasteiger partial charge < -0.3 is 68.5 Å². The zero-order chi connectivity index (χ0) is 58.6. The highest BCUT2D eigenvalue weighted by molar-refractivity contribution is 7.91. The van der Waals surface area contributed by atoms with Gasteiger partial charge in [0.2, 0.25) is 0 Å². The van der Waals surface area contributed by atoms with Crippen molar-refractivity contribution in [2.45, 2.75) is 215 Å². The quantitative estimate of drug-likeness (QED) is 0.109. The summed E-state index contributed by atoms with van der Waals surface area (Å²) in [5, 5.41) is 68.2. The van der Waals surface area contributed by atoms with Crippen LogP contribution in [0.25, 0.3) is 0 Å². The highest BCUT2D eigenvalue weighted by Gasteiger charge is 2.53. The number of carbonyl (C=O) groups is 1. The maximum Gasteiger partial charge on any atom is 0.403 e. The fourth-order valence-electron chi connectivity index (χ4n) is 11.7. The van der Waals surface area contributed by atoms with Gasteiger partial charge in [-0.3, -0.25) is 4.79 Å². The van der Waals surface area contributed by atoms with E-state index in [-0.39, 0.29) is 37.2 Å². The molecule has 0 radical (unpaired) electrons. The maximum absolute atomic E-state index is 14.8. The fourth-order valence-corrected chi connectivity index (χ4v) is 12.8. The van der Waals surface area contributed by atoms with Crippen molar-refractivity contribution in [3.05, 3.63) is 41.7 Å². The van der Waals surface area contributed by atoms with Crippen LogP contribution in [0.1, 0.15) is 118 Å². The molecule has 3 fully saturated rings. The van der Waals surface area contributed by atoms with Crippen molar-refractivity contribution in [2.24, 2.45) is 17.8 Å². The van der Waals surface area contributed by atoms with Gasteiger partial charge in [0.25, 0.3) is 0 Å². The van der Waals surface area contributed by atoms with E-state index >= 15 is 0 Å². The Morgan fingerprint density at radius 1 is 0.962 bits per heavy atom. The second-order valence-corrected chi connectivity index (χ2v) is 24.9. The Balaban J connectivity index is 1.42. The first-order valence-corrected chi connectivity index (χ1v) is 28.5. The van der Waals surface area contributed by atoms with Crippen molar-refractivity contribution in [1.29, 1.82) is 0 Å². The van der Waals surface area contributed by atoms with Crippen LogP contribution in [0.4, 0.5) is 17.6 Å². The number of hydrogen-bond acceptors (Lipinski definition) is 19. The van der Waals surface area contributed by atoms with Crippen molar-refractivity contribution in [2.75, 3.05) is 53.8 Å². The minimum absolute atomic E-state index is 0.0433.